The van der Waals surface area contributed by atoms with E-state index in [2.05, 4.69) is 15.2 Å². The largest absolute Gasteiger partial charge is 0.433 e. The van der Waals surface area contributed by atoms with Crippen molar-refractivity contribution in [3.63, 3.8) is 0 Å². The molecule has 0 amide bonds. The third-order valence-corrected chi connectivity index (χ3v) is 5.68. The Hall–Kier alpha value is -2.41. The third-order valence-electron chi connectivity index (χ3n) is 5.68. The Bertz CT molecular complexity index is 968. The molecule has 1 atom stereocenters. The zero-order valence-electron chi connectivity index (χ0n) is 15.5. The second-order valence-corrected chi connectivity index (χ2v) is 7.63. The van der Waals surface area contributed by atoms with Crippen molar-refractivity contribution in [1.29, 1.82) is 0 Å². The maximum absolute atomic E-state index is 13.4. The van der Waals surface area contributed by atoms with Gasteiger partial charge in [-0.1, -0.05) is 50.3 Å². The highest BCUT2D eigenvalue weighted by Gasteiger charge is 2.36. The van der Waals surface area contributed by atoms with Gasteiger partial charge in [0, 0.05) is 15.1 Å². The lowest BCUT2D eigenvalue weighted by atomic mass is 9.83. The molecule has 2 heterocycles. The van der Waals surface area contributed by atoms with E-state index in [1.165, 1.54) is 38.3 Å². The fourth-order valence-electron chi connectivity index (χ4n) is 4.25. The lowest BCUT2D eigenvalue weighted by Crippen LogP contribution is -2.17. The van der Waals surface area contributed by atoms with Crippen molar-refractivity contribution in [3.05, 3.63) is 47.8 Å². The molecule has 28 heavy (non-hydrogen) atoms. The summed E-state index contributed by atoms with van der Waals surface area (Å²) in [6.07, 6.45) is 4.10. The van der Waals surface area contributed by atoms with Gasteiger partial charge in [-0.3, -0.25) is 5.10 Å². The second kappa shape index (κ2) is 7.54. The fraction of sp³-hybridized carbons (Fsp3) is 0.429. The van der Waals surface area contributed by atoms with Crippen LogP contribution in [0.4, 0.5) is 13.2 Å². The Kier molecular flexibility index (Phi) is 5.10. The number of alkyl halides is 3. The summed E-state index contributed by atoms with van der Waals surface area (Å²) in [6.45, 7) is 0. The van der Waals surface area contributed by atoms with E-state index in [9.17, 15) is 13.2 Å². The molecule has 4 rings (SSSR count). The summed E-state index contributed by atoms with van der Waals surface area (Å²) in [6, 6.07) is 8.99. The average Bonchev–Trinajstić information content (AvgIpc) is 3.13. The maximum atomic E-state index is 13.4. The third kappa shape index (κ3) is 3.76. The van der Waals surface area contributed by atoms with Crippen LogP contribution in [0.5, 0.6) is 0 Å². The van der Waals surface area contributed by atoms with Gasteiger partial charge in [-0.2, -0.15) is 18.3 Å². The maximum Gasteiger partial charge on any atom is 0.433 e. The SMILES string of the molecule is NC(CC1CCCCC1)c1cccc(-c2ccnc3n[nH]c(C(F)(F)F)c23)c1.[HH].[HH]. The molecule has 1 aliphatic rings. The van der Waals surface area contributed by atoms with Crippen LogP contribution in [0.15, 0.2) is 36.5 Å². The van der Waals surface area contributed by atoms with Crippen molar-refractivity contribution in [2.45, 2.75) is 50.7 Å². The number of benzene rings is 1. The number of nitrogens with one attached hydrogen (secondary N) is 1. The van der Waals surface area contributed by atoms with Gasteiger partial charge < -0.3 is 5.73 Å². The molecule has 1 fully saturated rings. The smallest absolute Gasteiger partial charge is 0.324 e. The molecule has 3 aromatic rings. The van der Waals surface area contributed by atoms with Crippen LogP contribution < -0.4 is 5.73 Å². The summed E-state index contributed by atoms with van der Waals surface area (Å²) < 4.78 is 40.2. The highest BCUT2D eigenvalue weighted by atomic mass is 19.4. The Morgan fingerprint density at radius 1 is 1.18 bits per heavy atom. The molecule has 3 N–H and O–H groups in total. The first-order valence-electron chi connectivity index (χ1n) is 9.69. The number of nitrogens with two attached hydrogens (primary N) is 1. The molecule has 0 saturated heterocycles. The molecule has 1 unspecified atom stereocenters. The van der Waals surface area contributed by atoms with Gasteiger partial charge in [0.2, 0.25) is 0 Å². The number of halogens is 3. The predicted molar refractivity (Wildman–Crippen MR) is 107 cm³/mol. The monoisotopic (exact) mass is 392 g/mol. The summed E-state index contributed by atoms with van der Waals surface area (Å²) in [5.74, 6) is 0.630. The van der Waals surface area contributed by atoms with Crippen LogP contribution in [0, 0.1) is 5.92 Å². The first kappa shape index (κ1) is 18.9. The molecular formula is C21H27F3N4. The van der Waals surface area contributed by atoms with E-state index in [4.69, 9.17) is 5.73 Å². The number of H-pyrrole nitrogens is 1. The molecule has 4 nitrogen and oxygen atoms in total. The van der Waals surface area contributed by atoms with Crippen LogP contribution >= 0.6 is 0 Å². The topological polar surface area (TPSA) is 67.6 Å². The minimum atomic E-state index is -4.53. The molecule has 1 saturated carbocycles. The van der Waals surface area contributed by atoms with Crippen molar-refractivity contribution in [2.24, 2.45) is 11.7 Å². The Balaban J connectivity index is 0.00000160. The molecule has 152 valence electrons. The van der Waals surface area contributed by atoms with Crippen LogP contribution in [0.3, 0.4) is 0 Å². The molecule has 0 spiro atoms. The van der Waals surface area contributed by atoms with E-state index in [-0.39, 0.29) is 19.9 Å². The van der Waals surface area contributed by atoms with Crippen LogP contribution in [-0.2, 0) is 6.18 Å². The Labute approximate surface area is 164 Å². The number of nitrogens with zero attached hydrogens (tertiary/aromatic N) is 2. The Morgan fingerprint density at radius 3 is 2.71 bits per heavy atom. The van der Waals surface area contributed by atoms with E-state index in [1.54, 1.807) is 12.1 Å². The summed E-state index contributed by atoms with van der Waals surface area (Å²) in [5, 5.41) is 5.81. The van der Waals surface area contributed by atoms with E-state index >= 15 is 0 Å². The van der Waals surface area contributed by atoms with Crippen LogP contribution in [-0.4, -0.2) is 15.2 Å². The standard InChI is InChI=1S/C21H23F3N4.2H2/c22-21(23,24)19-18-16(9-10-26-20(18)28-27-19)14-7-4-8-15(12-14)17(25)11-13-5-2-1-3-6-13;;/h4,7-10,12-13,17H,1-3,5-6,11,25H2,(H,26,27,28);2*1H. The zero-order valence-corrected chi connectivity index (χ0v) is 15.5. The van der Waals surface area contributed by atoms with E-state index < -0.39 is 11.9 Å². The molecular weight excluding hydrogens is 365 g/mol. The van der Waals surface area contributed by atoms with Crippen molar-refractivity contribution >= 4 is 11.0 Å². The summed E-state index contributed by atoms with van der Waals surface area (Å²) >= 11 is 0. The van der Waals surface area contributed by atoms with E-state index in [0.717, 1.165) is 12.0 Å². The molecule has 7 heteroatoms. The van der Waals surface area contributed by atoms with Gasteiger partial charge in [0.25, 0.3) is 0 Å². The van der Waals surface area contributed by atoms with Crippen LogP contribution in [0.1, 0.15) is 58.7 Å². The van der Waals surface area contributed by atoms with Crippen molar-refractivity contribution < 1.29 is 16.0 Å². The van der Waals surface area contributed by atoms with Gasteiger partial charge in [-0.15, -0.1) is 0 Å². The summed E-state index contributed by atoms with van der Waals surface area (Å²) in [5.41, 5.74) is 7.73. The van der Waals surface area contributed by atoms with Crippen LogP contribution in [0.25, 0.3) is 22.2 Å². The highest BCUT2D eigenvalue weighted by Crippen LogP contribution is 2.38. The molecule has 0 radical (unpaired) electrons. The first-order valence-corrected chi connectivity index (χ1v) is 9.69. The molecule has 0 aliphatic heterocycles. The number of fused-ring (bicyclic) bond motifs is 1. The zero-order chi connectivity index (χ0) is 19.7. The summed E-state index contributed by atoms with van der Waals surface area (Å²) in [4.78, 5) is 3.97. The number of rotatable bonds is 4. The van der Waals surface area contributed by atoms with Gasteiger partial charge in [0.05, 0.1) is 5.39 Å². The van der Waals surface area contributed by atoms with Gasteiger partial charge in [0.15, 0.2) is 5.65 Å². The lowest BCUT2D eigenvalue weighted by molar-refractivity contribution is -0.139. The van der Waals surface area contributed by atoms with Gasteiger partial charge >= 0.3 is 6.18 Å². The lowest BCUT2D eigenvalue weighted by Gasteiger charge is -2.25. The number of hydrogen-bond acceptors (Lipinski definition) is 3. The van der Waals surface area contributed by atoms with Gasteiger partial charge in [0.1, 0.15) is 5.69 Å². The minimum absolute atomic E-state index is 0. The van der Waals surface area contributed by atoms with E-state index in [1.807, 2.05) is 18.2 Å². The van der Waals surface area contributed by atoms with Gasteiger partial charge in [-0.25, -0.2) is 4.98 Å². The quantitative estimate of drug-likeness (QED) is 0.563. The van der Waals surface area contributed by atoms with Crippen molar-refractivity contribution in [2.75, 3.05) is 0 Å². The normalized spacial score (nSPS) is 17.1. The number of aromatic nitrogens is 3. The predicted octanol–water partition coefficient (Wildman–Crippen LogP) is 6.11. The molecule has 1 aliphatic carbocycles. The number of hydrogen-bond donors (Lipinski definition) is 2. The molecule has 2 aromatic heterocycles. The highest BCUT2D eigenvalue weighted by molar-refractivity contribution is 5.94. The molecule has 0 bridgehead atoms. The number of aromatic amines is 1. The number of pyridine rings is 1. The van der Waals surface area contributed by atoms with Crippen LogP contribution in [0.2, 0.25) is 0 Å². The van der Waals surface area contributed by atoms with E-state index in [0.29, 0.717) is 17.0 Å². The fourth-order valence-corrected chi connectivity index (χ4v) is 4.25. The molecule has 1 aromatic carbocycles. The van der Waals surface area contributed by atoms with Crippen molar-refractivity contribution in [3.8, 4) is 11.1 Å². The Morgan fingerprint density at radius 2 is 1.96 bits per heavy atom. The van der Waals surface area contributed by atoms with Gasteiger partial charge in [-0.05, 0) is 41.2 Å². The second-order valence-electron chi connectivity index (χ2n) is 7.63. The minimum Gasteiger partial charge on any atom is -0.324 e. The van der Waals surface area contributed by atoms with Crippen molar-refractivity contribution in [1.82, 2.24) is 15.2 Å². The first-order chi connectivity index (χ1) is 13.4. The summed E-state index contributed by atoms with van der Waals surface area (Å²) in [7, 11) is 0. The average molecular weight is 392 g/mol.